The van der Waals surface area contributed by atoms with Gasteiger partial charge in [0.15, 0.2) is 0 Å². The first-order valence-electron chi connectivity index (χ1n) is 2.79. The van der Waals surface area contributed by atoms with Crippen LogP contribution in [-0.4, -0.2) is 10.2 Å². The Hall–Kier alpha value is -1.12. The van der Waals surface area contributed by atoms with Gasteiger partial charge < -0.3 is 0 Å². The average molecular weight is 123 g/mol. The zero-order valence-electron chi connectivity index (χ0n) is 5.14. The summed E-state index contributed by atoms with van der Waals surface area (Å²) in [6.45, 7) is 1.95. The lowest BCUT2D eigenvalue weighted by Crippen LogP contribution is -2.06. The Balaban J connectivity index is 3.08. The number of aromatic nitrogens is 2. The average Bonchev–Trinajstić information content (AvgIpc) is 1.88. The Kier molecular flexibility index (Phi) is 1.63. The van der Waals surface area contributed by atoms with Crippen molar-refractivity contribution in [2.75, 3.05) is 0 Å². The molecule has 3 heteroatoms. The first-order valence-corrected chi connectivity index (χ1v) is 2.79. The van der Waals surface area contributed by atoms with Gasteiger partial charge in [-0.15, -0.1) is 0 Å². The summed E-state index contributed by atoms with van der Waals surface area (Å²) in [5.41, 5.74) is 0.685. The molecule has 1 rings (SSSR count). The quantitative estimate of drug-likeness (QED) is 0.577. The van der Waals surface area contributed by atoms with E-state index in [0.29, 0.717) is 0 Å². The molecular formula is C6H7N2O. The summed E-state index contributed by atoms with van der Waals surface area (Å²) in [6, 6.07) is 1.49. The Bertz CT molecular complexity index is 241. The highest BCUT2D eigenvalue weighted by molar-refractivity contribution is 5.02. The van der Waals surface area contributed by atoms with Gasteiger partial charge in [0.05, 0.1) is 0 Å². The number of hydrogen-bond donors (Lipinski definition) is 1. The van der Waals surface area contributed by atoms with Gasteiger partial charge in [-0.1, -0.05) is 6.92 Å². The van der Waals surface area contributed by atoms with E-state index in [2.05, 4.69) is 16.4 Å². The monoisotopic (exact) mass is 123 g/mol. The molecule has 47 valence electrons. The van der Waals surface area contributed by atoms with Crippen LogP contribution in [0.2, 0.25) is 0 Å². The van der Waals surface area contributed by atoms with Crippen LogP contribution >= 0.6 is 0 Å². The van der Waals surface area contributed by atoms with Crippen LogP contribution in [-0.2, 0) is 6.42 Å². The van der Waals surface area contributed by atoms with E-state index in [-0.39, 0.29) is 5.56 Å². The molecule has 0 spiro atoms. The molecule has 1 aromatic heterocycles. The van der Waals surface area contributed by atoms with Crippen molar-refractivity contribution in [3.8, 4) is 0 Å². The zero-order chi connectivity index (χ0) is 6.69. The smallest absolute Gasteiger partial charge is 0.264 e. The molecule has 0 bridgehead atoms. The minimum atomic E-state index is -0.161. The number of hydrogen-bond acceptors (Lipinski definition) is 2. The van der Waals surface area contributed by atoms with E-state index in [1.165, 1.54) is 6.07 Å². The van der Waals surface area contributed by atoms with E-state index < -0.39 is 0 Å². The van der Waals surface area contributed by atoms with Crippen LogP contribution in [0.1, 0.15) is 12.5 Å². The summed E-state index contributed by atoms with van der Waals surface area (Å²) in [4.78, 5) is 10.5. The predicted molar refractivity (Wildman–Crippen MR) is 33.1 cm³/mol. The van der Waals surface area contributed by atoms with E-state index in [1.54, 1.807) is 0 Å². The van der Waals surface area contributed by atoms with Gasteiger partial charge >= 0.3 is 0 Å². The molecule has 0 fully saturated rings. The molecule has 0 aliphatic carbocycles. The molecule has 3 nitrogen and oxygen atoms in total. The van der Waals surface area contributed by atoms with E-state index in [4.69, 9.17) is 0 Å². The first kappa shape index (κ1) is 6.01. The summed E-state index contributed by atoms with van der Waals surface area (Å²) in [7, 11) is 0. The summed E-state index contributed by atoms with van der Waals surface area (Å²) in [5.74, 6) is 0. The third kappa shape index (κ3) is 1.38. The maximum atomic E-state index is 10.5. The second-order valence-electron chi connectivity index (χ2n) is 1.72. The molecule has 1 N–H and O–H groups in total. The Morgan fingerprint density at radius 1 is 1.89 bits per heavy atom. The molecule has 0 amide bonds. The van der Waals surface area contributed by atoms with Crippen LogP contribution in [0.5, 0.6) is 0 Å². The molecule has 0 atom stereocenters. The summed E-state index contributed by atoms with van der Waals surface area (Å²) in [5, 5.41) is 5.74. The second-order valence-corrected chi connectivity index (χ2v) is 1.72. The van der Waals surface area contributed by atoms with Crippen LogP contribution in [0.15, 0.2) is 10.9 Å². The van der Waals surface area contributed by atoms with Gasteiger partial charge in [-0.2, -0.15) is 5.10 Å². The molecule has 0 saturated heterocycles. The third-order valence-corrected chi connectivity index (χ3v) is 1.05. The number of nitrogens with zero attached hydrogens (tertiary/aromatic N) is 1. The predicted octanol–water partition coefficient (Wildman–Crippen LogP) is 0.132. The molecular weight excluding hydrogens is 116 g/mol. The fourth-order valence-corrected chi connectivity index (χ4v) is 0.559. The number of rotatable bonds is 1. The molecule has 1 radical (unpaired) electrons. The number of nitrogens with one attached hydrogen (secondary N) is 1. The normalized spacial score (nSPS) is 9.44. The lowest BCUT2D eigenvalue weighted by atomic mass is 10.2. The highest BCUT2D eigenvalue weighted by atomic mass is 16.1. The maximum absolute atomic E-state index is 10.5. The number of H-pyrrole nitrogens is 1. The maximum Gasteiger partial charge on any atom is 0.264 e. The van der Waals surface area contributed by atoms with Gasteiger partial charge in [0.25, 0.3) is 5.56 Å². The fraction of sp³-hybridized carbons (Fsp3) is 0.333. The second kappa shape index (κ2) is 2.44. The van der Waals surface area contributed by atoms with Crippen molar-refractivity contribution < 1.29 is 0 Å². The van der Waals surface area contributed by atoms with Crippen LogP contribution in [0.3, 0.4) is 0 Å². The molecule has 0 unspecified atom stereocenters. The van der Waals surface area contributed by atoms with Crippen molar-refractivity contribution >= 4 is 0 Å². The highest BCUT2D eigenvalue weighted by Gasteiger charge is 1.88. The number of aromatic amines is 1. The van der Waals surface area contributed by atoms with E-state index in [9.17, 15) is 4.79 Å². The van der Waals surface area contributed by atoms with Gasteiger partial charge in [0.1, 0.15) is 6.20 Å². The van der Waals surface area contributed by atoms with Gasteiger partial charge in [-0.3, -0.25) is 4.79 Å². The van der Waals surface area contributed by atoms with Crippen molar-refractivity contribution in [1.82, 2.24) is 10.2 Å². The third-order valence-electron chi connectivity index (χ3n) is 1.05. The van der Waals surface area contributed by atoms with Gasteiger partial charge in [0, 0.05) is 6.07 Å². The Morgan fingerprint density at radius 3 is 3.11 bits per heavy atom. The van der Waals surface area contributed by atoms with E-state index in [1.807, 2.05) is 6.92 Å². The molecule has 0 aliphatic rings. The van der Waals surface area contributed by atoms with Gasteiger partial charge in [-0.25, -0.2) is 5.10 Å². The standard InChI is InChI=1S/C6H7N2O/c1-2-5-3-6(9)8-7-4-5/h3H,2H2,1H3,(H,8,9). The van der Waals surface area contributed by atoms with Crippen LogP contribution in [0, 0.1) is 6.20 Å². The Morgan fingerprint density at radius 2 is 2.67 bits per heavy atom. The van der Waals surface area contributed by atoms with Crippen LogP contribution in [0.25, 0.3) is 0 Å². The number of aryl methyl sites for hydroxylation is 1. The van der Waals surface area contributed by atoms with Crippen LogP contribution < -0.4 is 5.56 Å². The summed E-state index contributed by atoms with van der Waals surface area (Å²) in [6.07, 6.45) is 3.46. The van der Waals surface area contributed by atoms with Crippen LogP contribution in [0.4, 0.5) is 0 Å². The molecule has 0 aliphatic heterocycles. The van der Waals surface area contributed by atoms with Crippen molar-refractivity contribution in [1.29, 1.82) is 0 Å². The van der Waals surface area contributed by atoms with Gasteiger partial charge in [0.2, 0.25) is 0 Å². The van der Waals surface area contributed by atoms with Crippen molar-refractivity contribution in [3.05, 3.63) is 28.2 Å². The first-order chi connectivity index (χ1) is 4.33. The topological polar surface area (TPSA) is 45.8 Å². The van der Waals surface area contributed by atoms with E-state index >= 15 is 0 Å². The molecule has 0 aromatic carbocycles. The minimum Gasteiger partial charge on any atom is -0.268 e. The molecule has 1 heterocycles. The SMILES string of the molecule is CCc1[c]n[nH]c(=O)c1. The fourth-order valence-electron chi connectivity index (χ4n) is 0.559. The van der Waals surface area contributed by atoms with Gasteiger partial charge in [-0.05, 0) is 12.0 Å². The molecule has 1 aromatic rings. The summed E-state index contributed by atoms with van der Waals surface area (Å²) < 4.78 is 0. The minimum absolute atomic E-state index is 0.161. The largest absolute Gasteiger partial charge is 0.268 e. The lowest BCUT2D eigenvalue weighted by Gasteiger charge is -1.87. The lowest BCUT2D eigenvalue weighted by molar-refractivity contribution is 0.940. The van der Waals surface area contributed by atoms with E-state index in [0.717, 1.165) is 12.0 Å². The highest BCUT2D eigenvalue weighted by Crippen LogP contribution is 1.87. The Labute approximate surface area is 52.7 Å². The molecule has 9 heavy (non-hydrogen) atoms. The zero-order valence-corrected chi connectivity index (χ0v) is 5.14. The van der Waals surface area contributed by atoms with Crippen molar-refractivity contribution in [3.63, 3.8) is 0 Å². The summed E-state index contributed by atoms with van der Waals surface area (Å²) >= 11 is 0. The molecule has 0 saturated carbocycles. The van der Waals surface area contributed by atoms with Crippen molar-refractivity contribution in [2.45, 2.75) is 13.3 Å². The van der Waals surface area contributed by atoms with Crippen molar-refractivity contribution in [2.24, 2.45) is 0 Å².